The molecule has 1 saturated heterocycles. The largest absolute Gasteiger partial charge is 0.489 e. The number of benzene rings is 3. The second-order valence-electron chi connectivity index (χ2n) is 10.8. The van der Waals surface area contributed by atoms with Crippen molar-refractivity contribution in [1.29, 1.82) is 0 Å². The van der Waals surface area contributed by atoms with Gasteiger partial charge in [0.05, 0.1) is 18.1 Å². The molecule has 7 heteroatoms. The van der Waals surface area contributed by atoms with E-state index in [1.54, 1.807) is 16.4 Å². The Bertz CT molecular complexity index is 1230. The topological polar surface area (TPSA) is 59.1 Å². The summed E-state index contributed by atoms with van der Waals surface area (Å²) in [5, 5.41) is 0. The van der Waals surface area contributed by atoms with E-state index in [0.29, 0.717) is 24.6 Å². The number of nitrogens with zero attached hydrogens (tertiary/aromatic N) is 2. The minimum atomic E-state index is -3.66. The quantitative estimate of drug-likeness (QED) is 0.325. The lowest BCUT2D eigenvalue weighted by molar-refractivity contribution is 0.0368. The third kappa shape index (κ3) is 7.90. The van der Waals surface area contributed by atoms with E-state index in [2.05, 4.69) is 25.7 Å². The highest BCUT2D eigenvalue weighted by atomic mass is 32.2. The Morgan fingerprint density at radius 3 is 2.16 bits per heavy atom. The maximum Gasteiger partial charge on any atom is 0.243 e. The van der Waals surface area contributed by atoms with Crippen molar-refractivity contribution in [1.82, 2.24) is 9.21 Å². The van der Waals surface area contributed by atoms with Crippen molar-refractivity contribution in [2.75, 3.05) is 39.4 Å². The second kappa shape index (κ2) is 12.9. The molecule has 0 atom stereocenters. The van der Waals surface area contributed by atoms with Crippen molar-refractivity contribution in [2.45, 2.75) is 50.7 Å². The smallest absolute Gasteiger partial charge is 0.243 e. The van der Waals surface area contributed by atoms with Gasteiger partial charge in [-0.05, 0) is 59.3 Å². The van der Waals surface area contributed by atoms with Gasteiger partial charge in [-0.2, -0.15) is 4.31 Å². The van der Waals surface area contributed by atoms with Gasteiger partial charge >= 0.3 is 0 Å². The molecule has 6 nitrogen and oxygen atoms in total. The predicted octanol–water partition coefficient (Wildman–Crippen LogP) is 5.48. The molecule has 3 aromatic carbocycles. The summed E-state index contributed by atoms with van der Waals surface area (Å²) in [6.45, 7) is 11.7. The van der Waals surface area contributed by atoms with Crippen molar-refractivity contribution in [3.8, 4) is 5.75 Å². The molecule has 0 amide bonds. The molecule has 1 fully saturated rings. The van der Waals surface area contributed by atoms with Crippen LogP contribution in [-0.4, -0.2) is 57.0 Å². The third-order valence-corrected chi connectivity index (χ3v) is 8.73. The van der Waals surface area contributed by atoms with Crippen LogP contribution in [0.5, 0.6) is 5.75 Å². The highest BCUT2D eigenvalue weighted by Gasteiger charge is 2.26. The molecule has 0 aromatic heterocycles. The molecule has 1 aliphatic heterocycles. The third-order valence-electron chi connectivity index (χ3n) is 6.87. The molecule has 0 unspecified atom stereocenters. The van der Waals surface area contributed by atoms with Crippen LogP contribution < -0.4 is 4.74 Å². The van der Waals surface area contributed by atoms with Crippen LogP contribution in [0.25, 0.3) is 0 Å². The molecule has 0 N–H and O–H groups in total. The van der Waals surface area contributed by atoms with E-state index in [4.69, 9.17) is 9.47 Å². The first-order chi connectivity index (χ1) is 18.2. The van der Waals surface area contributed by atoms with Crippen LogP contribution in [0, 0.1) is 0 Å². The van der Waals surface area contributed by atoms with E-state index in [1.165, 1.54) is 0 Å². The molecule has 1 aliphatic rings. The van der Waals surface area contributed by atoms with Gasteiger partial charge in [0.25, 0.3) is 0 Å². The number of sulfonamides is 1. The lowest BCUT2D eigenvalue weighted by atomic mass is 9.87. The number of morpholine rings is 1. The summed E-state index contributed by atoms with van der Waals surface area (Å²) < 4.78 is 40.5. The molecular formula is C31H40N2O4S. The van der Waals surface area contributed by atoms with Crippen LogP contribution in [0.15, 0.2) is 83.8 Å². The van der Waals surface area contributed by atoms with Crippen LogP contribution in [0.2, 0.25) is 0 Å². The summed E-state index contributed by atoms with van der Waals surface area (Å²) in [6, 6.07) is 25.1. The zero-order chi connectivity index (χ0) is 27.0. The maximum atomic E-state index is 13.8. The summed E-state index contributed by atoms with van der Waals surface area (Å²) in [6.07, 6.45) is 0.761. The minimum absolute atomic E-state index is 0.0372. The highest BCUT2D eigenvalue weighted by molar-refractivity contribution is 7.89. The molecule has 4 rings (SSSR count). The normalized spacial score (nSPS) is 15.1. The number of hydrogen-bond donors (Lipinski definition) is 0. The van der Waals surface area contributed by atoms with Gasteiger partial charge < -0.3 is 9.47 Å². The van der Waals surface area contributed by atoms with Crippen LogP contribution in [0.1, 0.15) is 43.9 Å². The number of rotatable bonds is 11. The van der Waals surface area contributed by atoms with Crippen molar-refractivity contribution < 1.29 is 17.9 Å². The summed E-state index contributed by atoms with van der Waals surface area (Å²) in [4.78, 5) is 2.67. The Morgan fingerprint density at radius 2 is 1.53 bits per heavy atom. The van der Waals surface area contributed by atoms with Crippen LogP contribution in [-0.2, 0) is 33.3 Å². The Balaban J connectivity index is 1.46. The van der Waals surface area contributed by atoms with E-state index in [9.17, 15) is 8.42 Å². The Hall–Kier alpha value is -2.71. The Labute approximate surface area is 228 Å². The van der Waals surface area contributed by atoms with Gasteiger partial charge in [-0.15, -0.1) is 0 Å². The number of ether oxygens (including phenoxy) is 2. The molecule has 0 spiro atoms. The molecule has 0 aliphatic carbocycles. The molecular weight excluding hydrogens is 496 g/mol. The molecule has 0 radical (unpaired) electrons. The summed E-state index contributed by atoms with van der Waals surface area (Å²) >= 11 is 0. The van der Waals surface area contributed by atoms with Crippen molar-refractivity contribution >= 4 is 10.0 Å². The second-order valence-corrected chi connectivity index (χ2v) is 12.8. The maximum absolute atomic E-state index is 13.8. The zero-order valence-electron chi connectivity index (χ0n) is 22.8. The average Bonchev–Trinajstić information content (AvgIpc) is 2.93. The van der Waals surface area contributed by atoms with Crippen molar-refractivity contribution in [2.24, 2.45) is 0 Å². The van der Waals surface area contributed by atoms with Crippen LogP contribution in [0.3, 0.4) is 0 Å². The van der Waals surface area contributed by atoms with Gasteiger partial charge in [-0.3, -0.25) is 4.90 Å². The predicted molar refractivity (Wildman–Crippen MR) is 152 cm³/mol. The van der Waals surface area contributed by atoms with Gasteiger partial charge in [0.1, 0.15) is 12.4 Å². The van der Waals surface area contributed by atoms with E-state index in [-0.39, 0.29) is 5.41 Å². The molecule has 3 aromatic rings. The first kappa shape index (κ1) is 28.3. The molecule has 204 valence electrons. The number of hydrogen-bond acceptors (Lipinski definition) is 5. The molecule has 0 bridgehead atoms. The summed E-state index contributed by atoms with van der Waals surface area (Å²) in [5.74, 6) is 0.761. The van der Waals surface area contributed by atoms with Gasteiger partial charge in [0.15, 0.2) is 0 Å². The Morgan fingerprint density at radius 1 is 0.868 bits per heavy atom. The zero-order valence-corrected chi connectivity index (χ0v) is 23.6. The lowest BCUT2D eigenvalue weighted by Gasteiger charge is -2.28. The van der Waals surface area contributed by atoms with Gasteiger partial charge in [-0.1, -0.05) is 75.4 Å². The van der Waals surface area contributed by atoms with E-state index >= 15 is 0 Å². The molecule has 1 heterocycles. The first-order valence-electron chi connectivity index (χ1n) is 13.4. The minimum Gasteiger partial charge on any atom is -0.489 e. The fourth-order valence-electron chi connectivity index (χ4n) is 4.49. The van der Waals surface area contributed by atoms with E-state index in [1.807, 2.05) is 66.7 Å². The van der Waals surface area contributed by atoms with Gasteiger partial charge in [-0.25, -0.2) is 8.42 Å². The monoisotopic (exact) mass is 536 g/mol. The summed E-state index contributed by atoms with van der Waals surface area (Å²) in [5.41, 5.74) is 3.11. The lowest BCUT2D eigenvalue weighted by Crippen LogP contribution is -2.39. The van der Waals surface area contributed by atoms with Crippen LogP contribution in [0.4, 0.5) is 0 Å². The van der Waals surface area contributed by atoms with E-state index in [0.717, 1.165) is 61.7 Å². The fourth-order valence-corrected chi connectivity index (χ4v) is 5.96. The molecule has 38 heavy (non-hydrogen) atoms. The standard InChI is InChI=1S/C31H40N2O4S/c1-31(2,3)28-12-16-30(17-13-28)38(34,35)33(19-7-18-32-20-22-36-23-21-32)24-26-10-14-29(15-11-26)37-25-27-8-5-4-6-9-27/h4-6,8-17H,7,18-25H2,1-3H3. The fraction of sp³-hybridized carbons (Fsp3) is 0.419. The average molecular weight is 537 g/mol. The highest BCUT2D eigenvalue weighted by Crippen LogP contribution is 2.26. The first-order valence-corrected chi connectivity index (χ1v) is 14.8. The van der Waals surface area contributed by atoms with Crippen molar-refractivity contribution in [3.63, 3.8) is 0 Å². The SMILES string of the molecule is CC(C)(C)c1ccc(S(=O)(=O)N(CCCN2CCOCC2)Cc2ccc(OCc3ccccc3)cc2)cc1. The van der Waals surface area contributed by atoms with Crippen molar-refractivity contribution in [3.05, 3.63) is 95.6 Å². The van der Waals surface area contributed by atoms with Gasteiger partial charge in [0.2, 0.25) is 10.0 Å². The Kier molecular flexibility index (Phi) is 9.60. The van der Waals surface area contributed by atoms with Crippen LogP contribution >= 0.6 is 0 Å². The summed E-state index contributed by atoms with van der Waals surface area (Å²) in [7, 11) is -3.66. The van der Waals surface area contributed by atoms with E-state index < -0.39 is 10.0 Å². The van der Waals surface area contributed by atoms with Gasteiger partial charge in [0, 0.05) is 26.2 Å². The molecule has 0 saturated carbocycles.